The molecule has 0 aromatic carbocycles. The normalized spacial score (nSPS) is 17.6. The molecule has 0 aliphatic heterocycles. The lowest BCUT2D eigenvalue weighted by atomic mass is 10.1. The van der Waals surface area contributed by atoms with Gasteiger partial charge < -0.3 is 0 Å². The van der Waals surface area contributed by atoms with Crippen molar-refractivity contribution in [3.05, 3.63) is 11.5 Å². The van der Waals surface area contributed by atoms with E-state index in [1.165, 1.54) is 6.42 Å². The molecule has 10 heavy (non-hydrogen) atoms. The van der Waals surface area contributed by atoms with Crippen LogP contribution in [0, 0.1) is 5.92 Å². The van der Waals surface area contributed by atoms with Crippen molar-refractivity contribution in [2.24, 2.45) is 5.92 Å². The van der Waals surface area contributed by atoms with E-state index in [0.29, 0.717) is 0 Å². The minimum absolute atomic E-state index is 0.765. The average Bonchev–Trinajstić information content (AvgIpc) is 1.98. The fraction of sp³-hybridized carbons (Fsp3) is 0.778. The highest BCUT2D eigenvalue weighted by Crippen LogP contribution is 2.21. The molecule has 0 fully saturated rings. The van der Waals surface area contributed by atoms with E-state index in [9.17, 15) is 0 Å². The van der Waals surface area contributed by atoms with Gasteiger partial charge in [0.25, 0.3) is 0 Å². The van der Waals surface area contributed by atoms with Crippen molar-refractivity contribution in [1.29, 1.82) is 0 Å². The highest BCUT2D eigenvalue weighted by molar-refractivity contribution is 8.02. The molecule has 0 saturated heterocycles. The first-order valence-corrected chi connectivity index (χ1v) is 4.93. The maximum Gasteiger partial charge on any atom is 0.00855 e. The summed E-state index contributed by atoms with van der Waals surface area (Å²) in [7, 11) is 0. The minimum Gasteiger partial charge on any atom is -0.131 e. The molecule has 1 heteroatoms. The van der Waals surface area contributed by atoms with Gasteiger partial charge in [-0.3, -0.25) is 0 Å². The van der Waals surface area contributed by atoms with Crippen LogP contribution in [0.3, 0.4) is 0 Å². The van der Waals surface area contributed by atoms with E-state index in [2.05, 4.69) is 39.2 Å². The van der Waals surface area contributed by atoms with Gasteiger partial charge in [-0.15, -0.1) is 11.8 Å². The van der Waals surface area contributed by atoms with Crippen molar-refractivity contribution in [3.8, 4) is 0 Å². The van der Waals surface area contributed by atoms with E-state index in [-0.39, 0.29) is 0 Å². The third-order valence-electron chi connectivity index (χ3n) is 1.87. The second kappa shape index (κ2) is 5.84. The molecule has 0 heterocycles. The Balaban J connectivity index is 3.50. The summed E-state index contributed by atoms with van der Waals surface area (Å²) in [6.07, 6.45) is 3.38. The van der Waals surface area contributed by atoms with Crippen molar-refractivity contribution >= 4 is 11.8 Å². The molecule has 2 unspecified atom stereocenters. The van der Waals surface area contributed by atoms with Crippen LogP contribution >= 0.6 is 11.8 Å². The third-order valence-corrected chi connectivity index (χ3v) is 3.20. The molecule has 0 amide bonds. The third kappa shape index (κ3) is 3.99. The second-order valence-electron chi connectivity index (χ2n) is 2.70. The first kappa shape index (κ1) is 10.1. The molecule has 2 atom stereocenters. The monoisotopic (exact) mass is 158 g/mol. The van der Waals surface area contributed by atoms with Crippen LogP contribution in [0.1, 0.15) is 34.1 Å². The Hall–Kier alpha value is 0.0900. The van der Waals surface area contributed by atoms with Crippen molar-refractivity contribution < 1.29 is 0 Å². The van der Waals surface area contributed by atoms with E-state index < -0.39 is 0 Å². The Morgan fingerprint density at radius 2 is 2.00 bits per heavy atom. The molecule has 0 aliphatic carbocycles. The summed E-state index contributed by atoms with van der Waals surface area (Å²) in [5, 5.41) is 2.94. The Labute approximate surface area is 69.1 Å². The fourth-order valence-corrected chi connectivity index (χ4v) is 1.53. The zero-order chi connectivity index (χ0) is 7.98. The van der Waals surface area contributed by atoms with Gasteiger partial charge >= 0.3 is 0 Å². The van der Waals surface area contributed by atoms with Crippen LogP contribution in [-0.4, -0.2) is 5.25 Å². The largest absolute Gasteiger partial charge is 0.131 e. The molecular formula is C9H18S. The summed E-state index contributed by atoms with van der Waals surface area (Å²) in [5.41, 5.74) is 0. The van der Waals surface area contributed by atoms with Crippen molar-refractivity contribution in [2.45, 2.75) is 39.4 Å². The van der Waals surface area contributed by atoms with Gasteiger partial charge in [0.1, 0.15) is 0 Å². The molecule has 0 aromatic rings. The Morgan fingerprint density at radius 1 is 1.40 bits per heavy atom. The molecule has 0 N–H and O–H groups in total. The molecule has 60 valence electrons. The van der Waals surface area contributed by atoms with E-state index >= 15 is 0 Å². The predicted molar refractivity (Wildman–Crippen MR) is 51.3 cm³/mol. The minimum atomic E-state index is 0.765. The first-order chi connectivity index (χ1) is 4.72. The lowest BCUT2D eigenvalue weighted by Gasteiger charge is -2.14. The molecule has 0 saturated carbocycles. The van der Waals surface area contributed by atoms with Gasteiger partial charge in [0, 0.05) is 5.25 Å². The summed E-state index contributed by atoms with van der Waals surface area (Å²) in [5.74, 6) is 0.834. The molecule has 0 aromatic heterocycles. The summed E-state index contributed by atoms with van der Waals surface area (Å²) in [4.78, 5) is 0. The molecule has 0 aliphatic rings. The quantitative estimate of drug-likeness (QED) is 0.601. The van der Waals surface area contributed by atoms with Crippen LogP contribution in [-0.2, 0) is 0 Å². The smallest absolute Gasteiger partial charge is 0.00855 e. The number of allylic oxidation sites excluding steroid dienone is 1. The summed E-state index contributed by atoms with van der Waals surface area (Å²) in [6, 6.07) is 0. The maximum atomic E-state index is 2.31. The van der Waals surface area contributed by atoms with Gasteiger partial charge in [0.05, 0.1) is 0 Å². The Bertz CT molecular complexity index is 96.9. The summed E-state index contributed by atoms with van der Waals surface area (Å²) in [6.45, 7) is 8.91. The van der Waals surface area contributed by atoms with Crippen LogP contribution in [0.2, 0.25) is 0 Å². The number of rotatable bonds is 4. The topological polar surface area (TPSA) is 0 Å². The predicted octanol–water partition coefficient (Wildman–Crippen LogP) is 3.69. The van der Waals surface area contributed by atoms with Gasteiger partial charge in [0.15, 0.2) is 0 Å². The van der Waals surface area contributed by atoms with Crippen LogP contribution in [0.4, 0.5) is 0 Å². The number of hydrogen-bond acceptors (Lipinski definition) is 1. The van der Waals surface area contributed by atoms with Gasteiger partial charge in [0.2, 0.25) is 0 Å². The molecule has 0 bridgehead atoms. The average molecular weight is 158 g/mol. The van der Waals surface area contributed by atoms with E-state index in [1.54, 1.807) is 0 Å². The molecule has 0 radical (unpaired) electrons. The van der Waals surface area contributed by atoms with Crippen molar-refractivity contribution in [3.63, 3.8) is 0 Å². The lowest BCUT2D eigenvalue weighted by molar-refractivity contribution is 0.559. The SMILES string of the molecule is CC=CSC(C)C(C)CC. The zero-order valence-corrected chi connectivity index (χ0v) is 8.24. The van der Waals surface area contributed by atoms with Crippen molar-refractivity contribution in [2.75, 3.05) is 0 Å². The van der Waals surface area contributed by atoms with Crippen LogP contribution in [0.15, 0.2) is 11.5 Å². The summed E-state index contributed by atoms with van der Waals surface area (Å²) < 4.78 is 0. The van der Waals surface area contributed by atoms with Crippen LogP contribution in [0.25, 0.3) is 0 Å². The number of thioether (sulfide) groups is 1. The van der Waals surface area contributed by atoms with Gasteiger partial charge in [-0.2, -0.15) is 0 Å². The second-order valence-corrected chi connectivity index (χ2v) is 3.98. The standard InChI is InChI=1S/C9H18S/c1-5-7-10-9(4)8(3)6-2/h5,7-9H,6H2,1-4H3. The van der Waals surface area contributed by atoms with Gasteiger partial charge in [-0.05, 0) is 18.2 Å². The van der Waals surface area contributed by atoms with Crippen LogP contribution < -0.4 is 0 Å². The zero-order valence-electron chi connectivity index (χ0n) is 7.42. The van der Waals surface area contributed by atoms with Gasteiger partial charge in [-0.1, -0.05) is 33.3 Å². The Kier molecular flexibility index (Phi) is 5.90. The van der Waals surface area contributed by atoms with E-state index in [1.807, 2.05) is 11.8 Å². The maximum absolute atomic E-state index is 2.31. The summed E-state index contributed by atoms with van der Waals surface area (Å²) >= 11 is 1.93. The highest BCUT2D eigenvalue weighted by Gasteiger charge is 2.07. The van der Waals surface area contributed by atoms with Crippen LogP contribution in [0.5, 0.6) is 0 Å². The highest BCUT2D eigenvalue weighted by atomic mass is 32.2. The molecular weight excluding hydrogens is 140 g/mol. The van der Waals surface area contributed by atoms with Crippen molar-refractivity contribution in [1.82, 2.24) is 0 Å². The van der Waals surface area contributed by atoms with Gasteiger partial charge in [-0.25, -0.2) is 0 Å². The van der Waals surface area contributed by atoms with E-state index in [0.717, 1.165) is 11.2 Å². The number of hydrogen-bond donors (Lipinski definition) is 0. The lowest BCUT2D eigenvalue weighted by Crippen LogP contribution is -2.07. The fourth-order valence-electron chi connectivity index (χ4n) is 0.669. The molecule has 0 spiro atoms. The molecule has 0 rings (SSSR count). The first-order valence-electron chi connectivity index (χ1n) is 3.99. The van der Waals surface area contributed by atoms with E-state index in [4.69, 9.17) is 0 Å². The Morgan fingerprint density at radius 3 is 2.40 bits per heavy atom. The molecule has 0 nitrogen and oxygen atoms in total.